The van der Waals surface area contributed by atoms with Crippen LogP contribution in [0.3, 0.4) is 0 Å². The summed E-state index contributed by atoms with van der Waals surface area (Å²) < 4.78 is 20.3. The van der Waals surface area contributed by atoms with Gasteiger partial charge in [0.05, 0.1) is 0 Å². The lowest BCUT2D eigenvalue weighted by Crippen LogP contribution is -2.04. The van der Waals surface area contributed by atoms with Crippen LogP contribution in [0.25, 0.3) is 6.08 Å². The van der Waals surface area contributed by atoms with Crippen LogP contribution in [-0.4, -0.2) is 38.9 Å². The molecule has 6 heteroatoms. The molecule has 0 fully saturated rings. The van der Waals surface area contributed by atoms with E-state index in [-0.39, 0.29) is 13.6 Å². The van der Waals surface area contributed by atoms with Crippen LogP contribution in [0.4, 0.5) is 0 Å². The summed E-state index contributed by atoms with van der Waals surface area (Å²) in [5, 5.41) is 8.58. The van der Waals surface area contributed by atoms with Gasteiger partial charge in [0.15, 0.2) is 25.1 Å². The molecule has 0 radical (unpaired) electrons. The Labute approximate surface area is 111 Å². The first-order chi connectivity index (χ1) is 9.17. The zero-order chi connectivity index (χ0) is 14.1. The van der Waals surface area contributed by atoms with Gasteiger partial charge in [-0.15, -0.1) is 0 Å². The Morgan fingerprint density at radius 3 is 2.37 bits per heavy atom. The molecule has 0 spiro atoms. The predicted molar refractivity (Wildman–Crippen MR) is 68.1 cm³/mol. The van der Waals surface area contributed by atoms with Crippen LogP contribution in [-0.2, 0) is 14.3 Å². The normalized spacial score (nSPS) is 10.6. The number of ether oxygens (including phenoxy) is 4. The van der Waals surface area contributed by atoms with Crippen molar-refractivity contribution >= 4 is 12.0 Å². The smallest absolute Gasteiger partial charge is 0.328 e. The van der Waals surface area contributed by atoms with Crippen molar-refractivity contribution in [3.63, 3.8) is 0 Å². The number of benzene rings is 1. The molecule has 0 atom stereocenters. The van der Waals surface area contributed by atoms with Crippen molar-refractivity contribution in [1.82, 2.24) is 0 Å². The average molecular weight is 268 g/mol. The molecule has 19 heavy (non-hydrogen) atoms. The standard InChI is InChI=1S/C13H16O6/c1-16-8-18-11-5-3-10(4-6-13(14)15)7-12(11)19-9-17-2/h3-7H,8-9H2,1-2H3,(H,14,15). The van der Waals surface area contributed by atoms with Gasteiger partial charge >= 0.3 is 5.97 Å². The van der Waals surface area contributed by atoms with Crippen molar-refractivity contribution in [3.05, 3.63) is 29.8 Å². The fourth-order valence-corrected chi connectivity index (χ4v) is 1.27. The zero-order valence-electron chi connectivity index (χ0n) is 10.8. The molecule has 0 aliphatic carbocycles. The van der Waals surface area contributed by atoms with Gasteiger partial charge in [0.2, 0.25) is 0 Å². The highest BCUT2D eigenvalue weighted by Crippen LogP contribution is 2.29. The van der Waals surface area contributed by atoms with Crippen LogP contribution < -0.4 is 9.47 Å². The summed E-state index contributed by atoms with van der Waals surface area (Å²) in [5.41, 5.74) is 0.679. The third kappa shape index (κ3) is 5.41. The van der Waals surface area contributed by atoms with Gasteiger partial charge in [0, 0.05) is 20.3 Å². The summed E-state index contributed by atoms with van der Waals surface area (Å²) in [6.45, 7) is 0.156. The van der Waals surface area contributed by atoms with E-state index in [1.807, 2.05) is 0 Å². The lowest BCUT2D eigenvalue weighted by atomic mass is 10.2. The molecular formula is C13H16O6. The van der Waals surface area contributed by atoms with E-state index in [1.165, 1.54) is 20.3 Å². The Balaban J connectivity index is 2.89. The maximum Gasteiger partial charge on any atom is 0.328 e. The van der Waals surface area contributed by atoms with Gasteiger partial charge in [-0.25, -0.2) is 4.79 Å². The van der Waals surface area contributed by atoms with E-state index in [2.05, 4.69) is 0 Å². The Kier molecular flexibility index (Phi) is 6.42. The van der Waals surface area contributed by atoms with Crippen LogP contribution in [0.15, 0.2) is 24.3 Å². The zero-order valence-corrected chi connectivity index (χ0v) is 10.8. The molecule has 0 bridgehead atoms. The molecule has 0 aromatic heterocycles. The minimum absolute atomic E-state index is 0.0649. The number of carbonyl (C=O) groups is 1. The number of hydrogen-bond acceptors (Lipinski definition) is 5. The first kappa shape index (κ1) is 15.0. The third-order valence-corrected chi connectivity index (χ3v) is 2.05. The molecule has 1 aromatic rings. The average Bonchev–Trinajstić information content (AvgIpc) is 2.41. The van der Waals surface area contributed by atoms with Crippen molar-refractivity contribution in [3.8, 4) is 11.5 Å². The molecule has 0 heterocycles. The SMILES string of the molecule is COCOc1ccc(C=CC(=O)O)cc1OCOC. The van der Waals surface area contributed by atoms with Crippen LogP contribution in [0.1, 0.15) is 5.56 Å². The Morgan fingerprint density at radius 1 is 1.16 bits per heavy atom. The lowest BCUT2D eigenvalue weighted by molar-refractivity contribution is -0.131. The number of aliphatic carboxylic acids is 1. The van der Waals surface area contributed by atoms with E-state index in [0.29, 0.717) is 17.1 Å². The Morgan fingerprint density at radius 2 is 1.79 bits per heavy atom. The second-order valence-corrected chi connectivity index (χ2v) is 3.48. The van der Waals surface area contributed by atoms with Crippen molar-refractivity contribution in [2.75, 3.05) is 27.8 Å². The second kappa shape index (κ2) is 8.12. The summed E-state index contributed by atoms with van der Waals surface area (Å²) in [6.07, 6.45) is 2.51. The summed E-state index contributed by atoms with van der Waals surface area (Å²) in [7, 11) is 3.02. The predicted octanol–water partition coefficient (Wildman–Crippen LogP) is 1.75. The molecule has 0 aliphatic rings. The number of carboxylic acid groups (broad SMARTS) is 1. The number of methoxy groups -OCH3 is 2. The van der Waals surface area contributed by atoms with Crippen molar-refractivity contribution in [1.29, 1.82) is 0 Å². The maximum atomic E-state index is 10.5. The largest absolute Gasteiger partial charge is 0.478 e. The van der Waals surface area contributed by atoms with E-state index in [4.69, 9.17) is 24.1 Å². The topological polar surface area (TPSA) is 74.2 Å². The Hall–Kier alpha value is -2.05. The van der Waals surface area contributed by atoms with Crippen LogP contribution in [0.2, 0.25) is 0 Å². The molecule has 0 aliphatic heterocycles. The molecular weight excluding hydrogens is 252 g/mol. The molecule has 0 saturated heterocycles. The van der Waals surface area contributed by atoms with Gasteiger partial charge in [-0.2, -0.15) is 0 Å². The summed E-state index contributed by atoms with van der Waals surface area (Å²) in [4.78, 5) is 10.5. The van der Waals surface area contributed by atoms with E-state index in [0.717, 1.165) is 6.08 Å². The van der Waals surface area contributed by atoms with Crippen LogP contribution >= 0.6 is 0 Å². The van der Waals surface area contributed by atoms with Crippen LogP contribution in [0, 0.1) is 0 Å². The minimum atomic E-state index is -1.01. The number of rotatable bonds is 8. The van der Waals surface area contributed by atoms with E-state index in [1.54, 1.807) is 18.2 Å². The van der Waals surface area contributed by atoms with E-state index >= 15 is 0 Å². The molecule has 0 amide bonds. The summed E-state index contributed by atoms with van der Waals surface area (Å²) in [6, 6.07) is 5.04. The number of hydrogen-bond donors (Lipinski definition) is 1. The highest BCUT2D eigenvalue weighted by Gasteiger charge is 2.06. The third-order valence-electron chi connectivity index (χ3n) is 2.05. The second-order valence-electron chi connectivity index (χ2n) is 3.48. The molecule has 6 nitrogen and oxygen atoms in total. The van der Waals surface area contributed by atoms with Gasteiger partial charge in [-0.3, -0.25) is 0 Å². The molecule has 0 saturated carbocycles. The van der Waals surface area contributed by atoms with E-state index in [9.17, 15) is 4.79 Å². The quantitative estimate of drug-likeness (QED) is 0.572. The highest BCUT2D eigenvalue weighted by atomic mass is 16.7. The molecule has 1 rings (SSSR count). The van der Waals surface area contributed by atoms with Gasteiger partial charge in [0.25, 0.3) is 0 Å². The van der Waals surface area contributed by atoms with Crippen LogP contribution in [0.5, 0.6) is 11.5 Å². The monoisotopic (exact) mass is 268 g/mol. The molecule has 1 aromatic carbocycles. The fraction of sp³-hybridized carbons (Fsp3) is 0.308. The van der Waals surface area contributed by atoms with E-state index < -0.39 is 5.97 Å². The minimum Gasteiger partial charge on any atom is -0.478 e. The Bertz CT molecular complexity index is 441. The fourth-order valence-electron chi connectivity index (χ4n) is 1.27. The van der Waals surface area contributed by atoms with Gasteiger partial charge in [-0.05, 0) is 23.8 Å². The lowest BCUT2D eigenvalue weighted by Gasteiger charge is -2.12. The summed E-state index contributed by atoms with van der Waals surface area (Å²) >= 11 is 0. The first-order valence-electron chi connectivity index (χ1n) is 5.46. The summed E-state index contributed by atoms with van der Waals surface area (Å²) in [5.74, 6) is -0.0723. The van der Waals surface area contributed by atoms with Crippen molar-refractivity contribution in [2.24, 2.45) is 0 Å². The molecule has 104 valence electrons. The molecule has 0 unspecified atom stereocenters. The number of carboxylic acids is 1. The maximum absolute atomic E-state index is 10.5. The molecule has 1 N–H and O–H groups in total. The first-order valence-corrected chi connectivity index (χ1v) is 5.46. The van der Waals surface area contributed by atoms with Crippen molar-refractivity contribution < 1.29 is 28.8 Å². The van der Waals surface area contributed by atoms with Gasteiger partial charge < -0.3 is 24.1 Å². The van der Waals surface area contributed by atoms with Gasteiger partial charge in [0.1, 0.15) is 0 Å². The van der Waals surface area contributed by atoms with Gasteiger partial charge in [-0.1, -0.05) is 6.07 Å². The highest BCUT2D eigenvalue weighted by molar-refractivity contribution is 5.85. The van der Waals surface area contributed by atoms with Crippen molar-refractivity contribution in [2.45, 2.75) is 0 Å².